The van der Waals surface area contributed by atoms with Gasteiger partial charge in [0.1, 0.15) is 23.1 Å². The maximum atomic E-state index is 13.8. The molecule has 0 saturated carbocycles. The lowest BCUT2D eigenvalue weighted by Crippen LogP contribution is -2.25. The number of para-hydroxylation sites is 1. The maximum absolute atomic E-state index is 13.8. The Morgan fingerprint density at radius 2 is 1.71 bits per heavy atom. The van der Waals surface area contributed by atoms with Gasteiger partial charge in [-0.05, 0) is 74.2 Å². The Bertz CT molecular complexity index is 1180. The quantitative estimate of drug-likeness (QED) is 0.390. The number of ether oxygens (including phenoxy) is 2. The Balaban J connectivity index is 1.65. The van der Waals surface area contributed by atoms with Gasteiger partial charge in [-0.3, -0.25) is 5.01 Å². The van der Waals surface area contributed by atoms with E-state index in [0.717, 1.165) is 65.5 Å². The molecule has 0 bridgehead atoms. The van der Waals surface area contributed by atoms with Gasteiger partial charge in [-0.15, -0.1) is 0 Å². The number of allylic oxidation sites excluding steroid dienone is 1. The van der Waals surface area contributed by atoms with Crippen LogP contribution in [-0.2, 0) is 0 Å². The van der Waals surface area contributed by atoms with E-state index in [1.54, 1.807) is 0 Å². The third-order valence-electron chi connectivity index (χ3n) is 6.34. The van der Waals surface area contributed by atoms with Gasteiger partial charge >= 0.3 is 0 Å². The van der Waals surface area contributed by atoms with Crippen molar-refractivity contribution < 1.29 is 13.9 Å². The fourth-order valence-electron chi connectivity index (χ4n) is 4.66. The molecule has 1 atom stereocenters. The lowest BCUT2D eigenvalue weighted by Gasteiger charge is -2.30. The average Bonchev–Trinajstić information content (AvgIpc) is 2.88. The topological polar surface area (TPSA) is 34.1 Å². The first-order valence-electron chi connectivity index (χ1n) is 12.0. The Labute approximate surface area is 200 Å². The fourth-order valence-corrected chi connectivity index (χ4v) is 4.66. The third kappa shape index (κ3) is 4.69. The van der Waals surface area contributed by atoms with Crippen LogP contribution in [-0.4, -0.2) is 30.9 Å². The van der Waals surface area contributed by atoms with Gasteiger partial charge in [0.2, 0.25) is 0 Å². The number of hydrazone groups is 1. The molecule has 0 aliphatic carbocycles. The number of fused-ring (bicyclic) bond motifs is 1. The van der Waals surface area contributed by atoms with E-state index in [1.165, 1.54) is 18.6 Å². The van der Waals surface area contributed by atoms with Crippen molar-refractivity contribution in [2.75, 3.05) is 19.7 Å². The van der Waals surface area contributed by atoms with Crippen LogP contribution < -0.4 is 9.47 Å². The number of piperidine rings is 1. The average molecular weight is 457 g/mol. The molecule has 3 aromatic rings. The Hall–Kier alpha value is -3.60. The molecule has 1 fully saturated rings. The number of rotatable bonds is 6. The van der Waals surface area contributed by atoms with E-state index in [2.05, 4.69) is 11.1 Å². The lowest BCUT2D eigenvalue weighted by molar-refractivity contribution is 0.240. The van der Waals surface area contributed by atoms with Gasteiger partial charge in [0.05, 0.1) is 12.8 Å². The van der Waals surface area contributed by atoms with Crippen LogP contribution in [0.25, 0.3) is 5.76 Å². The number of halogens is 1. The van der Waals surface area contributed by atoms with Crippen LogP contribution in [0.1, 0.15) is 48.8 Å². The van der Waals surface area contributed by atoms with E-state index in [-0.39, 0.29) is 11.7 Å². The summed E-state index contributed by atoms with van der Waals surface area (Å²) in [5.41, 5.74) is 3.95. The van der Waals surface area contributed by atoms with Gasteiger partial charge in [-0.2, -0.15) is 5.10 Å². The minimum Gasteiger partial charge on any atom is -0.494 e. The number of benzene rings is 3. The van der Waals surface area contributed by atoms with Crippen LogP contribution in [0.2, 0.25) is 0 Å². The molecule has 0 aromatic heterocycles. The number of hydrogen-bond acceptors (Lipinski definition) is 4. The second-order valence-electron chi connectivity index (χ2n) is 8.63. The molecule has 2 aliphatic heterocycles. The molecular weight excluding hydrogens is 427 g/mol. The summed E-state index contributed by atoms with van der Waals surface area (Å²) in [6.07, 6.45) is 5.51. The molecule has 2 heterocycles. The molecule has 0 N–H and O–H groups in total. The zero-order valence-electron chi connectivity index (χ0n) is 19.4. The summed E-state index contributed by atoms with van der Waals surface area (Å²) in [4.78, 5) is 0. The molecule has 3 aromatic carbocycles. The van der Waals surface area contributed by atoms with E-state index in [1.807, 2.05) is 67.7 Å². The fraction of sp³-hybridized carbons (Fsp3) is 0.276. The summed E-state index contributed by atoms with van der Waals surface area (Å²) in [7, 11) is 0. The zero-order chi connectivity index (χ0) is 23.3. The smallest absolute Gasteiger partial charge is 0.140 e. The van der Waals surface area contributed by atoms with Gasteiger partial charge in [0, 0.05) is 35.7 Å². The monoisotopic (exact) mass is 456 g/mol. The van der Waals surface area contributed by atoms with Gasteiger partial charge in [0.15, 0.2) is 0 Å². The standard InChI is InChI=1S/C29H29FN2O2/c1-2-33-24-16-12-22(13-17-24)29-26(20-31-32-18-6-3-7-19-32)28(21-10-14-23(30)15-11-21)25-8-4-5-9-27(25)34-29/h4-5,8-17,20,28H,2-3,6-7,18-19H2,1H3/b31-20-/t28-/m1/s1. The summed E-state index contributed by atoms with van der Waals surface area (Å²) < 4.78 is 25.9. The first-order valence-corrected chi connectivity index (χ1v) is 12.0. The van der Waals surface area contributed by atoms with Crippen molar-refractivity contribution >= 4 is 12.0 Å². The van der Waals surface area contributed by atoms with E-state index < -0.39 is 0 Å². The lowest BCUT2D eigenvalue weighted by atomic mass is 9.81. The number of nitrogens with zero attached hydrogens (tertiary/aromatic N) is 2. The van der Waals surface area contributed by atoms with Gasteiger partial charge < -0.3 is 9.47 Å². The van der Waals surface area contributed by atoms with Gasteiger partial charge in [-0.25, -0.2) is 4.39 Å². The second-order valence-corrected chi connectivity index (χ2v) is 8.63. The molecule has 5 heteroatoms. The highest BCUT2D eigenvalue weighted by atomic mass is 19.1. The summed E-state index contributed by atoms with van der Waals surface area (Å²) in [5.74, 6) is 2.01. The predicted molar refractivity (Wildman–Crippen MR) is 134 cm³/mol. The predicted octanol–water partition coefficient (Wildman–Crippen LogP) is 6.63. The van der Waals surface area contributed by atoms with Crippen LogP contribution in [0.5, 0.6) is 11.5 Å². The summed E-state index contributed by atoms with van der Waals surface area (Å²) in [6.45, 7) is 4.51. The third-order valence-corrected chi connectivity index (χ3v) is 6.34. The van der Waals surface area contributed by atoms with Crippen LogP contribution in [0, 0.1) is 5.82 Å². The van der Waals surface area contributed by atoms with Crippen molar-refractivity contribution in [1.82, 2.24) is 5.01 Å². The molecule has 34 heavy (non-hydrogen) atoms. The Morgan fingerprint density at radius 3 is 2.44 bits per heavy atom. The molecule has 4 nitrogen and oxygen atoms in total. The van der Waals surface area contributed by atoms with Crippen LogP contribution >= 0.6 is 0 Å². The highest BCUT2D eigenvalue weighted by Gasteiger charge is 2.31. The molecule has 174 valence electrons. The van der Waals surface area contributed by atoms with E-state index >= 15 is 0 Å². The van der Waals surface area contributed by atoms with E-state index in [9.17, 15) is 4.39 Å². The normalized spacial score (nSPS) is 18.1. The minimum atomic E-state index is -0.247. The van der Waals surface area contributed by atoms with Crippen molar-refractivity contribution in [3.05, 3.63) is 101 Å². The van der Waals surface area contributed by atoms with Crippen molar-refractivity contribution in [3.63, 3.8) is 0 Å². The summed E-state index contributed by atoms with van der Waals surface area (Å²) in [6, 6.07) is 22.8. The highest BCUT2D eigenvalue weighted by molar-refractivity contribution is 5.94. The Kier molecular flexibility index (Phi) is 6.61. The SMILES string of the molecule is CCOc1ccc(C2=C(/C=N\N3CCCCC3)[C@H](c3ccc(F)cc3)c3ccccc3O2)cc1. The molecule has 1 saturated heterocycles. The van der Waals surface area contributed by atoms with Crippen molar-refractivity contribution in [2.24, 2.45) is 5.10 Å². The van der Waals surface area contributed by atoms with Crippen LogP contribution in [0.4, 0.5) is 4.39 Å². The molecule has 2 aliphatic rings. The summed E-state index contributed by atoms with van der Waals surface area (Å²) >= 11 is 0. The largest absolute Gasteiger partial charge is 0.494 e. The molecular formula is C29H29FN2O2. The van der Waals surface area contributed by atoms with Gasteiger partial charge in [-0.1, -0.05) is 30.3 Å². The van der Waals surface area contributed by atoms with E-state index in [0.29, 0.717) is 6.61 Å². The van der Waals surface area contributed by atoms with Crippen LogP contribution in [0.15, 0.2) is 83.5 Å². The van der Waals surface area contributed by atoms with Crippen LogP contribution in [0.3, 0.4) is 0 Å². The highest BCUT2D eigenvalue weighted by Crippen LogP contribution is 2.45. The molecule has 0 amide bonds. The second kappa shape index (κ2) is 10.1. The van der Waals surface area contributed by atoms with Crippen molar-refractivity contribution in [1.29, 1.82) is 0 Å². The maximum Gasteiger partial charge on any atom is 0.140 e. The molecule has 0 radical (unpaired) electrons. The summed E-state index contributed by atoms with van der Waals surface area (Å²) in [5, 5.41) is 7.00. The minimum absolute atomic E-state index is 0.124. The molecule has 0 spiro atoms. The Morgan fingerprint density at radius 1 is 0.971 bits per heavy atom. The first-order chi connectivity index (χ1) is 16.7. The van der Waals surface area contributed by atoms with Crippen molar-refractivity contribution in [3.8, 4) is 11.5 Å². The van der Waals surface area contributed by atoms with Crippen molar-refractivity contribution in [2.45, 2.75) is 32.1 Å². The number of hydrogen-bond donors (Lipinski definition) is 0. The molecule has 5 rings (SSSR count). The zero-order valence-corrected chi connectivity index (χ0v) is 19.4. The first kappa shape index (κ1) is 22.2. The van der Waals surface area contributed by atoms with Gasteiger partial charge in [0.25, 0.3) is 0 Å². The van der Waals surface area contributed by atoms with E-state index in [4.69, 9.17) is 14.6 Å². The molecule has 0 unspecified atom stereocenters.